The Labute approximate surface area is 129 Å². The Hall–Kier alpha value is -1.11. The van der Waals surface area contributed by atoms with Crippen molar-refractivity contribution >= 4 is 23.4 Å². The number of hydrogen-bond donors (Lipinski definition) is 1. The van der Waals surface area contributed by atoms with Gasteiger partial charge in [0.2, 0.25) is 5.95 Å². The number of anilines is 2. The highest BCUT2D eigenvalue weighted by molar-refractivity contribution is 6.29. The maximum atomic E-state index is 6.01. The number of rotatable bonds is 4. The van der Waals surface area contributed by atoms with Gasteiger partial charge in [0, 0.05) is 31.7 Å². The Morgan fingerprint density at radius 3 is 2.81 bits per heavy atom. The van der Waals surface area contributed by atoms with Crippen LogP contribution in [0.25, 0.3) is 0 Å². The van der Waals surface area contributed by atoms with Crippen LogP contribution < -0.4 is 10.6 Å². The minimum absolute atomic E-state index is 0.220. The Balaban J connectivity index is 1.48. The van der Waals surface area contributed by atoms with Gasteiger partial charge in [-0.05, 0) is 19.3 Å². The quantitative estimate of drug-likeness (QED) is 0.854. The molecule has 2 fully saturated rings. The summed E-state index contributed by atoms with van der Waals surface area (Å²) in [6, 6.07) is 1.76. The molecule has 6 nitrogen and oxygen atoms in total. The largest absolute Gasteiger partial charge is 0.381 e. The summed E-state index contributed by atoms with van der Waals surface area (Å²) in [6.07, 6.45) is 3.44. The van der Waals surface area contributed by atoms with Crippen LogP contribution >= 0.6 is 11.6 Å². The molecule has 0 radical (unpaired) electrons. The average molecular weight is 313 g/mol. The van der Waals surface area contributed by atoms with Gasteiger partial charge in [-0.15, -0.1) is 0 Å². The van der Waals surface area contributed by atoms with E-state index in [1.807, 2.05) is 0 Å². The summed E-state index contributed by atoms with van der Waals surface area (Å²) in [5, 5.41) is 0.386. The van der Waals surface area contributed by atoms with Crippen molar-refractivity contribution in [3.05, 3.63) is 11.2 Å². The molecule has 2 aliphatic rings. The zero-order chi connectivity index (χ0) is 14.7. The third-order valence-corrected chi connectivity index (χ3v) is 4.25. The number of piperidine rings is 1. The fourth-order valence-corrected chi connectivity index (χ4v) is 3.01. The lowest BCUT2D eigenvalue weighted by Crippen LogP contribution is -2.38. The molecule has 0 spiro atoms. The topological polar surface area (TPSA) is 73.5 Å². The predicted molar refractivity (Wildman–Crippen MR) is 81.6 cm³/mol. The molecule has 21 heavy (non-hydrogen) atoms. The number of hydrogen-bond acceptors (Lipinski definition) is 6. The molecule has 3 heterocycles. The van der Waals surface area contributed by atoms with Crippen LogP contribution in [-0.4, -0.2) is 49.0 Å². The zero-order valence-corrected chi connectivity index (χ0v) is 12.8. The van der Waals surface area contributed by atoms with Crippen LogP contribution in [0.4, 0.5) is 11.8 Å². The summed E-state index contributed by atoms with van der Waals surface area (Å²) in [4.78, 5) is 10.3. The second-order valence-corrected chi connectivity index (χ2v) is 6.04. The van der Waals surface area contributed by atoms with Gasteiger partial charge in [0.15, 0.2) is 0 Å². The summed E-state index contributed by atoms with van der Waals surface area (Å²) >= 11 is 5.93. The lowest BCUT2D eigenvalue weighted by molar-refractivity contribution is 0.0131. The molecule has 1 aromatic heterocycles. The monoisotopic (exact) mass is 312 g/mol. The predicted octanol–water partition coefficient (Wildman–Crippen LogP) is 1.73. The van der Waals surface area contributed by atoms with Gasteiger partial charge in [-0.25, -0.2) is 4.98 Å². The molecule has 0 aromatic carbocycles. The van der Waals surface area contributed by atoms with Crippen molar-refractivity contribution in [2.24, 2.45) is 5.92 Å². The zero-order valence-electron chi connectivity index (χ0n) is 12.0. The molecule has 2 N–H and O–H groups in total. The molecule has 2 aliphatic heterocycles. The standard InChI is InChI=1S/C14H21ClN4O2/c15-12-7-13(18-14(16)17-12)19-4-1-11(2-5-19)21-9-10-3-6-20-8-10/h7,10-11H,1-6,8-9H2,(H2,16,17,18). The Morgan fingerprint density at radius 1 is 1.33 bits per heavy atom. The molecule has 1 atom stereocenters. The van der Waals surface area contributed by atoms with E-state index in [0.29, 0.717) is 17.2 Å². The molecule has 3 rings (SSSR count). The van der Waals surface area contributed by atoms with Gasteiger partial charge in [-0.3, -0.25) is 0 Å². The highest BCUT2D eigenvalue weighted by Gasteiger charge is 2.23. The van der Waals surface area contributed by atoms with Crippen molar-refractivity contribution in [1.29, 1.82) is 0 Å². The summed E-state index contributed by atoms with van der Waals surface area (Å²) < 4.78 is 11.4. The normalized spacial score (nSPS) is 23.7. The van der Waals surface area contributed by atoms with E-state index in [1.165, 1.54) is 0 Å². The minimum atomic E-state index is 0.220. The summed E-state index contributed by atoms with van der Waals surface area (Å²) in [5.41, 5.74) is 5.64. The van der Waals surface area contributed by atoms with Gasteiger partial charge in [-0.1, -0.05) is 11.6 Å². The maximum absolute atomic E-state index is 6.01. The van der Waals surface area contributed by atoms with Crippen LogP contribution in [-0.2, 0) is 9.47 Å². The van der Waals surface area contributed by atoms with Crippen molar-refractivity contribution in [3.63, 3.8) is 0 Å². The average Bonchev–Trinajstić information content (AvgIpc) is 2.98. The Kier molecular flexibility index (Phi) is 4.77. The van der Waals surface area contributed by atoms with Gasteiger partial charge < -0.3 is 20.1 Å². The van der Waals surface area contributed by atoms with Crippen molar-refractivity contribution in [2.75, 3.05) is 43.5 Å². The Morgan fingerprint density at radius 2 is 2.14 bits per heavy atom. The van der Waals surface area contributed by atoms with E-state index in [4.69, 9.17) is 26.8 Å². The molecular formula is C14H21ClN4O2. The van der Waals surface area contributed by atoms with Gasteiger partial charge in [-0.2, -0.15) is 4.98 Å². The number of halogens is 1. The van der Waals surface area contributed by atoms with Crippen LogP contribution in [0.5, 0.6) is 0 Å². The first-order valence-corrected chi connectivity index (χ1v) is 7.83. The lowest BCUT2D eigenvalue weighted by Gasteiger charge is -2.33. The first-order valence-electron chi connectivity index (χ1n) is 7.45. The molecule has 0 aliphatic carbocycles. The lowest BCUT2D eigenvalue weighted by atomic mass is 10.1. The Bertz CT molecular complexity index is 454. The molecule has 0 bridgehead atoms. The summed E-state index contributed by atoms with van der Waals surface area (Å²) in [7, 11) is 0. The van der Waals surface area contributed by atoms with Crippen LogP contribution in [0.15, 0.2) is 6.07 Å². The number of nitrogens with zero attached hydrogens (tertiary/aromatic N) is 3. The number of nitrogens with two attached hydrogens (primary N) is 1. The van der Waals surface area contributed by atoms with Gasteiger partial charge in [0.1, 0.15) is 11.0 Å². The first kappa shape index (κ1) is 14.8. The van der Waals surface area contributed by atoms with E-state index in [0.717, 1.165) is 58.0 Å². The minimum Gasteiger partial charge on any atom is -0.381 e. The van der Waals surface area contributed by atoms with Gasteiger partial charge in [0.25, 0.3) is 0 Å². The highest BCUT2D eigenvalue weighted by Crippen LogP contribution is 2.23. The van der Waals surface area contributed by atoms with Crippen molar-refractivity contribution in [1.82, 2.24) is 9.97 Å². The second kappa shape index (κ2) is 6.77. The summed E-state index contributed by atoms with van der Waals surface area (Å²) in [5.74, 6) is 1.59. The highest BCUT2D eigenvalue weighted by atomic mass is 35.5. The molecule has 7 heteroatoms. The first-order chi connectivity index (χ1) is 10.2. The van der Waals surface area contributed by atoms with Crippen molar-refractivity contribution < 1.29 is 9.47 Å². The third-order valence-electron chi connectivity index (χ3n) is 4.06. The van der Waals surface area contributed by atoms with E-state index in [1.54, 1.807) is 6.07 Å². The summed E-state index contributed by atoms with van der Waals surface area (Å²) in [6.45, 7) is 4.34. The number of aromatic nitrogens is 2. The van der Waals surface area contributed by atoms with Crippen LogP contribution in [0.3, 0.4) is 0 Å². The second-order valence-electron chi connectivity index (χ2n) is 5.66. The maximum Gasteiger partial charge on any atom is 0.223 e. The van der Waals surface area contributed by atoms with Crippen LogP contribution in [0.2, 0.25) is 5.15 Å². The molecule has 116 valence electrons. The number of nitrogen functional groups attached to an aromatic ring is 1. The number of ether oxygens (including phenoxy) is 2. The molecule has 0 saturated carbocycles. The molecular weight excluding hydrogens is 292 g/mol. The van der Waals surface area contributed by atoms with Crippen LogP contribution in [0, 0.1) is 5.92 Å². The van der Waals surface area contributed by atoms with Crippen molar-refractivity contribution in [3.8, 4) is 0 Å². The third kappa shape index (κ3) is 3.96. The van der Waals surface area contributed by atoms with E-state index in [2.05, 4.69) is 14.9 Å². The molecule has 0 amide bonds. The van der Waals surface area contributed by atoms with E-state index in [9.17, 15) is 0 Å². The van der Waals surface area contributed by atoms with Crippen molar-refractivity contribution in [2.45, 2.75) is 25.4 Å². The fourth-order valence-electron chi connectivity index (χ4n) is 2.82. The SMILES string of the molecule is Nc1nc(Cl)cc(N2CCC(OCC3CCOC3)CC2)n1. The molecule has 1 aromatic rings. The van der Waals surface area contributed by atoms with E-state index < -0.39 is 0 Å². The van der Waals surface area contributed by atoms with Gasteiger partial charge in [0.05, 0.1) is 19.3 Å². The molecule has 1 unspecified atom stereocenters. The smallest absolute Gasteiger partial charge is 0.223 e. The molecule has 2 saturated heterocycles. The van der Waals surface area contributed by atoms with E-state index in [-0.39, 0.29) is 5.95 Å². The van der Waals surface area contributed by atoms with Gasteiger partial charge >= 0.3 is 0 Å². The fraction of sp³-hybridized carbons (Fsp3) is 0.714. The van der Waals surface area contributed by atoms with Crippen LogP contribution in [0.1, 0.15) is 19.3 Å². The van der Waals surface area contributed by atoms with E-state index >= 15 is 0 Å².